The van der Waals surface area contributed by atoms with Gasteiger partial charge in [-0.25, -0.2) is 4.79 Å². The van der Waals surface area contributed by atoms with E-state index in [9.17, 15) is 9.59 Å². The van der Waals surface area contributed by atoms with E-state index in [2.05, 4.69) is 16.0 Å². The van der Waals surface area contributed by atoms with Gasteiger partial charge < -0.3 is 20.4 Å². The number of hydrogen-bond acceptors (Lipinski definition) is 3. The number of amides is 3. The van der Waals surface area contributed by atoms with Crippen LogP contribution in [0.2, 0.25) is 0 Å². The summed E-state index contributed by atoms with van der Waals surface area (Å²) < 4.78 is 5.20. The Morgan fingerprint density at radius 1 is 1.04 bits per heavy atom. The van der Waals surface area contributed by atoms with Gasteiger partial charge in [-0.3, -0.25) is 4.79 Å². The summed E-state index contributed by atoms with van der Waals surface area (Å²) in [6.07, 6.45) is 7.12. The molecule has 3 N–H and O–H groups in total. The van der Waals surface area contributed by atoms with Crippen LogP contribution in [-0.4, -0.2) is 18.0 Å². The van der Waals surface area contributed by atoms with Crippen molar-refractivity contribution in [2.75, 3.05) is 5.32 Å². The topological polar surface area (TPSA) is 83.4 Å². The van der Waals surface area contributed by atoms with Crippen LogP contribution in [-0.2, 0) is 6.54 Å². The zero-order chi connectivity index (χ0) is 17.5. The molecule has 25 heavy (non-hydrogen) atoms. The SMILES string of the molecule is O=C(Nc1ccccc1C(=O)NCc1ccco1)NC1CCCCC1. The van der Waals surface area contributed by atoms with Crippen LogP contribution in [0.1, 0.15) is 48.2 Å². The summed E-state index contributed by atoms with van der Waals surface area (Å²) in [7, 11) is 0. The van der Waals surface area contributed by atoms with Crippen molar-refractivity contribution in [1.29, 1.82) is 0 Å². The normalized spacial score (nSPS) is 14.7. The van der Waals surface area contributed by atoms with E-state index >= 15 is 0 Å². The summed E-state index contributed by atoms with van der Waals surface area (Å²) in [5.74, 6) is 0.416. The van der Waals surface area contributed by atoms with Crippen LogP contribution in [0.4, 0.5) is 10.5 Å². The third-order valence-electron chi connectivity index (χ3n) is 4.36. The third kappa shape index (κ3) is 4.86. The van der Waals surface area contributed by atoms with Gasteiger partial charge in [0.15, 0.2) is 0 Å². The molecule has 0 unspecified atom stereocenters. The Labute approximate surface area is 147 Å². The third-order valence-corrected chi connectivity index (χ3v) is 4.36. The molecule has 1 aliphatic carbocycles. The number of rotatable bonds is 5. The number of carbonyl (C=O) groups excluding carboxylic acids is 2. The molecular weight excluding hydrogens is 318 g/mol. The van der Waals surface area contributed by atoms with Crippen LogP contribution in [0, 0.1) is 0 Å². The number of carbonyl (C=O) groups is 2. The second-order valence-corrected chi connectivity index (χ2v) is 6.24. The molecule has 0 bridgehead atoms. The molecule has 3 amide bonds. The van der Waals surface area contributed by atoms with E-state index in [1.807, 2.05) is 0 Å². The van der Waals surface area contributed by atoms with Gasteiger partial charge in [-0.15, -0.1) is 0 Å². The van der Waals surface area contributed by atoms with Gasteiger partial charge in [0.05, 0.1) is 24.1 Å². The largest absolute Gasteiger partial charge is 0.467 e. The molecule has 6 heteroatoms. The molecule has 1 aromatic heterocycles. The highest BCUT2D eigenvalue weighted by Crippen LogP contribution is 2.18. The van der Waals surface area contributed by atoms with Gasteiger partial charge in [0.1, 0.15) is 5.76 Å². The first kappa shape index (κ1) is 17.1. The summed E-state index contributed by atoms with van der Waals surface area (Å²) in [6.45, 7) is 0.300. The predicted octanol–water partition coefficient (Wildman–Crippen LogP) is 3.66. The average Bonchev–Trinajstić information content (AvgIpc) is 3.14. The molecule has 1 fully saturated rings. The minimum Gasteiger partial charge on any atom is -0.467 e. The number of nitrogens with one attached hydrogen (secondary N) is 3. The second kappa shape index (κ2) is 8.37. The molecule has 2 aromatic rings. The first-order valence-corrected chi connectivity index (χ1v) is 8.69. The lowest BCUT2D eigenvalue weighted by atomic mass is 9.96. The Bertz CT molecular complexity index is 706. The monoisotopic (exact) mass is 341 g/mol. The van der Waals surface area contributed by atoms with Crippen LogP contribution < -0.4 is 16.0 Å². The van der Waals surface area contributed by atoms with Gasteiger partial charge in [0.2, 0.25) is 0 Å². The smallest absolute Gasteiger partial charge is 0.319 e. The lowest BCUT2D eigenvalue weighted by Gasteiger charge is -2.23. The highest BCUT2D eigenvalue weighted by molar-refractivity contribution is 6.03. The molecule has 3 rings (SSSR count). The maximum atomic E-state index is 12.4. The molecule has 1 heterocycles. The molecule has 132 valence electrons. The van der Waals surface area contributed by atoms with Crippen molar-refractivity contribution in [3.8, 4) is 0 Å². The fourth-order valence-electron chi connectivity index (χ4n) is 3.06. The fraction of sp³-hybridized carbons (Fsp3) is 0.368. The highest BCUT2D eigenvalue weighted by atomic mass is 16.3. The summed E-state index contributed by atoms with van der Waals surface area (Å²) in [5.41, 5.74) is 0.917. The average molecular weight is 341 g/mol. The number of anilines is 1. The van der Waals surface area contributed by atoms with Crippen LogP contribution in [0.15, 0.2) is 47.1 Å². The number of para-hydroxylation sites is 1. The first-order chi connectivity index (χ1) is 12.2. The van der Waals surface area contributed by atoms with Gasteiger partial charge in [-0.1, -0.05) is 31.4 Å². The van der Waals surface area contributed by atoms with E-state index in [-0.39, 0.29) is 18.0 Å². The van der Waals surface area contributed by atoms with Crippen molar-refractivity contribution in [3.05, 3.63) is 54.0 Å². The number of hydrogen-bond donors (Lipinski definition) is 3. The number of urea groups is 1. The van der Waals surface area contributed by atoms with Crippen LogP contribution in [0.3, 0.4) is 0 Å². The van der Waals surface area contributed by atoms with Crippen molar-refractivity contribution in [3.63, 3.8) is 0 Å². The summed E-state index contributed by atoms with van der Waals surface area (Å²) >= 11 is 0. The second-order valence-electron chi connectivity index (χ2n) is 6.24. The molecule has 1 saturated carbocycles. The number of furan rings is 1. The summed E-state index contributed by atoms with van der Waals surface area (Å²) in [4.78, 5) is 24.6. The Kier molecular flexibility index (Phi) is 5.72. The molecule has 6 nitrogen and oxygen atoms in total. The Morgan fingerprint density at radius 3 is 2.60 bits per heavy atom. The van der Waals surface area contributed by atoms with E-state index in [1.54, 1.807) is 42.7 Å². The zero-order valence-electron chi connectivity index (χ0n) is 14.1. The molecule has 0 atom stereocenters. The van der Waals surface area contributed by atoms with Gasteiger partial charge in [-0.2, -0.15) is 0 Å². The fourth-order valence-corrected chi connectivity index (χ4v) is 3.06. The predicted molar refractivity (Wildman–Crippen MR) is 95.3 cm³/mol. The van der Waals surface area contributed by atoms with Gasteiger partial charge in [-0.05, 0) is 37.1 Å². The maximum Gasteiger partial charge on any atom is 0.319 e. The van der Waals surface area contributed by atoms with E-state index in [4.69, 9.17) is 4.42 Å². The minimum atomic E-state index is -0.266. The molecule has 0 spiro atoms. The van der Waals surface area contributed by atoms with E-state index in [0.29, 0.717) is 23.6 Å². The zero-order valence-corrected chi connectivity index (χ0v) is 14.1. The van der Waals surface area contributed by atoms with Crippen molar-refractivity contribution < 1.29 is 14.0 Å². The minimum absolute atomic E-state index is 0.216. The lowest BCUT2D eigenvalue weighted by Crippen LogP contribution is -2.39. The van der Waals surface area contributed by atoms with Crippen LogP contribution >= 0.6 is 0 Å². The Hall–Kier alpha value is -2.76. The van der Waals surface area contributed by atoms with Crippen LogP contribution in [0.25, 0.3) is 0 Å². The van der Waals surface area contributed by atoms with E-state index < -0.39 is 0 Å². The first-order valence-electron chi connectivity index (χ1n) is 8.69. The van der Waals surface area contributed by atoms with Gasteiger partial charge >= 0.3 is 6.03 Å². The van der Waals surface area contributed by atoms with Crippen molar-refractivity contribution in [2.45, 2.75) is 44.7 Å². The summed E-state index contributed by atoms with van der Waals surface area (Å²) in [5, 5.41) is 8.58. The maximum absolute atomic E-state index is 12.4. The van der Waals surface area contributed by atoms with Crippen molar-refractivity contribution in [2.24, 2.45) is 0 Å². The van der Waals surface area contributed by atoms with Crippen molar-refractivity contribution in [1.82, 2.24) is 10.6 Å². The standard InChI is InChI=1S/C19H23N3O3/c23-18(20-13-15-9-6-12-25-15)16-10-4-5-11-17(16)22-19(24)21-14-7-2-1-3-8-14/h4-6,9-12,14H,1-3,7-8,13H2,(H,20,23)(H2,21,22,24). The van der Waals surface area contributed by atoms with Crippen LogP contribution in [0.5, 0.6) is 0 Å². The molecule has 1 aliphatic rings. The van der Waals surface area contributed by atoms with Gasteiger partial charge in [0, 0.05) is 6.04 Å². The highest BCUT2D eigenvalue weighted by Gasteiger charge is 2.17. The molecular formula is C19H23N3O3. The van der Waals surface area contributed by atoms with E-state index in [0.717, 1.165) is 25.7 Å². The van der Waals surface area contributed by atoms with Crippen molar-refractivity contribution >= 4 is 17.6 Å². The Balaban J connectivity index is 1.59. The Morgan fingerprint density at radius 2 is 1.84 bits per heavy atom. The molecule has 0 aliphatic heterocycles. The molecule has 1 aromatic carbocycles. The van der Waals surface area contributed by atoms with E-state index in [1.165, 1.54) is 6.42 Å². The van der Waals surface area contributed by atoms with Gasteiger partial charge in [0.25, 0.3) is 5.91 Å². The lowest BCUT2D eigenvalue weighted by molar-refractivity contribution is 0.0949. The molecule has 0 saturated heterocycles. The summed E-state index contributed by atoms with van der Waals surface area (Å²) in [6, 6.07) is 10.5. The molecule has 0 radical (unpaired) electrons. The quantitative estimate of drug-likeness (QED) is 0.776. The number of benzene rings is 1.